The van der Waals surface area contributed by atoms with Crippen molar-refractivity contribution in [3.05, 3.63) is 12.2 Å². The standard InChI is InChI=1S/C13H22O3/c1-4-6-8-9-12(14)11(3)13(15)16-10-7-5-2/h3-10H2,1-2H3. The van der Waals surface area contributed by atoms with E-state index in [1.54, 1.807) is 0 Å². The van der Waals surface area contributed by atoms with Crippen LogP contribution in [0.25, 0.3) is 0 Å². The lowest BCUT2D eigenvalue weighted by Crippen LogP contribution is -2.15. The van der Waals surface area contributed by atoms with Crippen molar-refractivity contribution in [2.45, 2.75) is 52.4 Å². The van der Waals surface area contributed by atoms with Crippen molar-refractivity contribution in [3.8, 4) is 0 Å². The van der Waals surface area contributed by atoms with Gasteiger partial charge in [-0.3, -0.25) is 4.79 Å². The van der Waals surface area contributed by atoms with E-state index in [1.807, 2.05) is 6.92 Å². The Bertz CT molecular complexity index is 220. The van der Waals surface area contributed by atoms with Crippen molar-refractivity contribution >= 4 is 11.8 Å². The summed E-state index contributed by atoms with van der Waals surface area (Å²) in [5.41, 5.74) is -0.00722. The average molecular weight is 226 g/mol. The van der Waals surface area contributed by atoms with E-state index < -0.39 is 5.97 Å². The lowest BCUT2D eigenvalue weighted by atomic mass is 10.1. The molecule has 0 spiro atoms. The molecule has 0 aromatic carbocycles. The Morgan fingerprint density at radius 1 is 1.06 bits per heavy atom. The summed E-state index contributed by atoms with van der Waals surface area (Å²) in [4.78, 5) is 22.8. The molecule has 0 saturated heterocycles. The van der Waals surface area contributed by atoms with Crippen molar-refractivity contribution in [1.82, 2.24) is 0 Å². The Hall–Kier alpha value is -1.12. The second-order valence-electron chi connectivity index (χ2n) is 3.85. The molecule has 0 radical (unpaired) electrons. The van der Waals surface area contributed by atoms with Crippen LogP contribution in [0.3, 0.4) is 0 Å². The third-order valence-electron chi connectivity index (χ3n) is 2.32. The predicted molar refractivity (Wildman–Crippen MR) is 64.2 cm³/mol. The molecule has 0 aliphatic heterocycles. The largest absolute Gasteiger partial charge is 0.462 e. The molecule has 3 heteroatoms. The van der Waals surface area contributed by atoms with Gasteiger partial charge in [0.05, 0.1) is 12.2 Å². The third kappa shape index (κ3) is 6.38. The Kier molecular flexibility index (Phi) is 8.49. The molecule has 0 fully saturated rings. The van der Waals surface area contributed by atoms with Crippen molar-refractivity contribution in [2.24, 2.45) is 0 Å². The van der Waals surface area contributed by atoms with Crippen LogP contribution in [0.4, 0.5) is 0 Å². The summed E-state index contributed by atoms with van der Waals surface area (Å²) in [6.07, 6.45) is 5.06. The van der Waals surface area contributed by atoms with Crippen molar-refractivity contribution in [3.63, 3.8) is 0 Å². The first kappa shape index (κ1) is 14.9. The Labute approximate surface area is 97.9 Å². The monoisotopic (exact) mass is 226 g/mol. The van der Waals surface area contributed by atoms with Gasteiger partial charge in [-0.25, -0.2) is 4.79 Å². The molecule has 0 amide bonds. The molecule has 0 rings (SSSR count). The number of carbonyl (C=O) groups excluding carboxylic acids is 2. The number of unbranched alkanes of at least 4 members (excludes halogenated alkanes) is 3. The van der Waals surface area contributed by atoms with Gasteiger partial charge in [-0.1, -0.05) is 39.7 Å². The normalized spacial score (nSPS) is 9.88. The second kappa shape index (κ2) is 9.13. The van der Waals surface area contributed by atoms with Crippen LogP contribution in [-0.4, -0.2) is 18.4 Å². The summed E-state index contributed by atoms with van der Waals surface area (Å²) in [6, 6.07) is 0. The molecule has 0 heterocycles. The van der Waals surface area contributed by atoms with Crippen molar-refractivity contribution < 1.29 is 14.3 Å². The van der Waals surface area contributed by atoms with E-state index in [2.05, 4.69) is 13.5 Å². The number of ketones is 1. The lowest BCUT2D eigenvalue weighted by Gasteiger charge is -2.05. The van der Waals surface area contributed by atoms with Crippen molar-refractivity contribution in [1.29, 1.82) is 0 Å². The first-order valence-corrected chi connectivity index (χ1v) is 6.02. The van der Waals surface area contributed by atoms with Crippen LogP contribution in [0.15, 0.2) is 12.2 Å². The number of carbonyl (C=O) groups is 2. The summed E-state index contributed by atoms with van der Waals surface area (Å²) in [5, 5.41) is 0. The van der Waals surface area contributed by atoms with Crippen molar-refractivity contribution in [2.75, 3.05) is 6.61 Å². The lowest BCUT2D eigenvalue weighted by molar-refractivity contribution is -0.140. The second-order valence-corrected chi connectivity index (χ2v) is 3.85. The highest BCUT2D eigenvalue weighted by Crippen LogP contribution is 2.06. The van der Waals surface area contributed by atoms with Crippen LogP contribution in [0.5, 0.6) is 0 Å². The minimum atomic E-state index is -0.560. The van der Waals surface area contributed by atoms with Gasteiger partial charge in [0, 0.05) is 6.42 Å². The Morgan fingerprint density at radius 3 is 2.25 bits per heavy atom. The smallest absolute Gasteiger partial charge is 0.341 e. The number of esters is 1. The molecule has 0 aromatic rings. The highest BCUT2D eigenvalue weighted by Gasteiger charge is 2.16. The summed E-state index contributed by atoms with van der Waals surface area (Å²) < 4.78 is 4.91. The fraction of sp³-hybridized carbons (Fsp3) is 0.692. The van der Waals surface area contributed by atoms with E-state index in [4.69, 9.17) is 4.74 Å². The zero-order chi connectivity index (χ0) is 12.4. The van der Waals surface area contributed by atoms with E-state index in [0.29, 0.717) is 13.0 Å². The highest BCUT2D eigenvalue weighted by molar-refractivity contribution is 6.16. The summed E-state index contributed by atoms with van der Waals surface area (Å²) in [7, 11) is 0. The quantitative estimate of drug-likeness (QED) is 0.199. The summed E-state index contributed by atoms with van der Waals surface area (Å²) in [6.45, 7) is 7.94. The summed E-state index contributed by atoms with van der Waals surface area (Å²) in [5.74, 6) is -0.745. The number of hydrogen-bond donors (Lipinski definition) is 0. The highest BCUT2D eigenvalue weighted by atomic mass is 16.5. The van der Waals surface area contributed by atoms with Crippen LogP contribution in [-0.2, 0) is 14.3 Å². The molecule has 0 aliphatic rings. The Balaban J connectivity index is 3.83. The van der Waals surface area contributed by atoms with Crippen LogP contribution < -0.4 is 0 Å². The van der Waals surface area contributed by atoms with E-state index in [-0.39, 0.29) is 11.4 Å². The predicted octanol–water partition coefficient (Wildman–Crippen LogP) is 3.04. The van der Waals surface area contributed by atoms with Gasteiger partial charge in [0.15, 0.2) is 5.78 Å². The van der Waals surface area contributed by atoms with Gasteiger partial charge in [0.25, 0.3) is 0 Å². The summed E-state index contributed by atoms with van der Waals surface area (Å²) >= 11 is 0. The average Bonchev–Trinajstić information content (AvgIpc) is 2.28. The number of hydrogen-bond acceptors (Lipinski definition) is 3. The van der Waals surface area contributed by atoms with Crippen LogP contribution in [0.1, 0.15) is 52.4 Å². The molecular formula is C13H22O3. The maximum atomic E-state index is 11.5. The Morgan fingerprint density at radius 2 is 1.69 bits per heavy atom. The fourth-order valence-electron chi connectivity index (χ4n) is 1.20. The van der Waals surface area contributed by atoms with Gasteiger partial charge >= 0.3 is 5.97 Å². The zero-order valence-electron chi connectivity index (χ0n) is 10.4. The van der Waals surface area contributed by atoms with Crippen LogP contribution in [0, 0.1) is 0 Å². The van der Waals surface area contributed by atoms with Gasteiger partial charge in [0.2, 0.25) is 0 Å². The topological polar surface area (TPSA) is 43.4 Å². The van der Waals surface area contributed by atoms with E-state index in [0.717, 1.165) is 32.1 Å². The number of rotatable bonds is 9. The van der Waals surface area contributed by atoms with E-state index >= 15 is 0 Å². The van der Waals surface area contributed by atoms with Gasteiger partial charge < -0.3 is 4.74 Å². The maximum Gasteiger partial charge on any atom is 0.341 e. The molecule has 0 saturated carbocycles. The van der Waals surface area contributed by atoms with E-state index in [1.165, 1.54) is 0 Å². The maximum absolute atomic E-state index is 11.5. The molecule has 0 N–H and O–H groups in total. The molecular weight excluding hydrogens is 204 g/mol. The van der Waals surface area contributed by atoms with Gasteiger partial charge in [-0.15, -0.1) is 0 Å². The van der Waals surface area contributed by atoms with Crippen LogP contribution >= 0.6 is 0 Å². The molecule has 16 heavy (non-hydrogen) atoms. The van der Waals surface area contributed by atoms with Gasteiger partial charge in [-0.2, -0.15) is 0 Å². The SMILES string of the molecule is C=C(C(=O)CCCCC)C(=O)OCCCC. The molecule has 92 valence electrons. The molecule has 0 aliphatic carbocycles. The first-order chi connectivity index (χ1) is 7.63. The molecule has 0 aromatic heterocycles. The molecule has 3 nitrogen and oxygen atoms in total. The molecule has 0 unspecified atom stereocenters. The van der Waals surface area contributed by atoms with Crippen LogP contribution in [0.2, 0.25) is 0 Å². The van der Waals surface area contributed by atoms with Gasteiger partial charge in [0.1, 0.15) is 0 Å². The molecule has 0 bridgehead atoms. The zero-order valence-corrected chi connectivity index (χ0v) is 10.4. The minimum absolute atomic E-state index is 0.00722. The van der Waals surface area contributed by atoms with E-state index in [9.17, 15) is 9.59 Å². The first-order valence-electron chi connectivity index (χ1n) is 6.02. The molecule has 0 atom stereocenters. The third-order valence-corrected chi connectivity index (χ3v) is 2.32. The number of Topliss-reactive ketones (excluding diaryl/α,β-unsaturated/α-hetero) is 1. The number of ether oxygens (including phenoxy) is 1. The minimum Gasteiger partial charge on any atom is -0.462 e. The fourth-order valence-corrected chi connectivity index (χ4v) is 1.20. The van der Waals surface area contributed by atoms with Gasteiger partial charge in [-0.05, 0) is 12.8 Å².